The highest BCUT2D eigenvalue weighted by Gasteiger charge is 2.18. The van der Waals surface area contributed by atoms with Gasteiger partial charge in [-0.15, -0.1) is 11.3 Å². The van der Waals surface area contributed by atoms with Gasteiger partial charge in [-0.25, -0.2) is 0 Å². The first-order chi connectivity index (χ1) is 10.1. The molecular weight excluding hydrogens is 286 g/mol. The number of hydrogen-bond donors (Lipinski definition) is 1. The monoisotopic (exact) mass is 303 g/mol. The van der Waals surface area contributed by atoms with Crippen LogP contribution in [-0.2, 0) is 4.79 Å². The Hall–Kier alpha value is -2.14. The van der Waals surface area contributed by atoms with Crippen molar-refractivity contribution in [3.8, 4) is 11.1 Å². The minimum Gasteiger partial charge on any atom is -0.481 e. The Morgan fingerprint density at radius 3 is 2.57 bits per heavy atom. The molecule has 2 aromatic rings. The summed E-state index contributed by atoms with van der Waals surface area (Å²) in [5.74, 6) is -0.897. The summed E-state index contributed by atoms with van der Waals surface area (Å²) in [4.78, 5) is 25.3. The lowest BCUT2D eigenvalue weighted by Gasteiger charge is -2.16. The van der Waals surface area contributed by atoms with E-state index in [1.54, 1.807) is 11.9 Å². The molecule has 0 fully saturated rings. The van der Waals surface area contributed by atoms with E-state index in [-0.39, 0.29) is 12.3 Å². The van der Waals surface area contributed by atoms with E-state index in [1.165, 1.54) is 11.3 Å². The summed E-state index contributed by atoms with van der Waals surface area (Å²) in [5, 5.41) is 10.5. The van der Waals surface area contributed by atoms with Crippen molar-refractivity contribution in [3.63, 3.8) is 0 Å². The Labute approximate surface area is 127 Å². The maximum atomic E-state index is 12.5. The Morgan fingerprint density at radius 2 is 1.90 bits per heavy atom. The number of amides is 1. The number of aliphatic carboxylic acids is 1. The van der Waals surface area contributed by atoms with Crippen molar-refractivity contribution in [2.45, 2.75) is 12.8 Å². The number of hydrogen-bond acceptors (Lipinski definition) is 3. The van der Waals surface area contributed by atoms with Crippen LogP contribution in [0.3, 0.4) is 0 Å². The molecule has 1 N–H and O–H groups in total. The molecule has 4 nitrogen and oxygen atoms in total. The van der Waals surface area contributed by atoms with E-state index in [1.807, 2.05) is 41.8 Å². The van der Waals surface area contributed by atoms with E-state index in [0.717, 1.165) is 11.1 Å². The summed E-state index contributed by atoms with van der Waals surface area (Å²) in [6.45, 7) is 0.442. The SMILES string of the molecule is CN(CCCC(=O)O)C(=O)c1sccc1-c1ccccc1. The molecule has 0 unspecified atom stereocenters. The Morgan fingerprint density at radius 1 is 1.19 bits per heavy atom. The molecule has 5 heteroatoms. The van der Waals surface area contributed by atoms with Gasteiger partial charge in [0.15, 0.2) is 0 Å². The van der Waals surface area contributed by atoms with Crippen molar-refractivity contribution >= 4 is 23.2 Å². The van der Waals surface area contributed by atoms with Gasteiger partial charge in [-0.05, 0) is 23.4 Å². The highest BCUT2D eigenvalue weighted by Crippen LogP contribution is 2.29. The lowest BCUT2D eigenvalue weighted by atomic mass is 10.1. The van der Waals surface area contributed by atoms with Crippen LogP contribution in [0.5, 0.6) is 0 Å². The van der Waals surface area contributed by atoms with Crippen LogP contribution >= 0.6 is 11.3 Å². The lowest BCUT2D eigenvalue weighted by molar-refractivity contribution is -0.137. The van der Waals surface area contributed by atoms with Crippen molar-refractivity contribution in [2.75, 3.05) is 13.6 Å². The quantitative estimate of drug-likeness (QED) is 0.890. The summed E-state index contributed by atoms with van der Waals surface area (Å²) >= 11 is 1.41. The smallest absolute Gasteiger partial charge is 0.303 e. The molecule has 0 aliphatic heterocycles. The third-order valence-corrected chi connectivity index (χ3v) is 4.08. The zero-order chi connectivity index (χ0) is 15.2. The van der Waals surface area contributed by atoms with Gasteiger partial charge in [0, 0.05) is 25.6 Å². The zero-order valence-electron chi connectivity index (χ0n) is 11.8. The number of nitrogens with zero attached hydrogens (tertiary/aromatic N) is 1. The summed E-state index contributed by atoms with van der Waals surface area (Å²) in [5.41, 5.74) is 1.94. The molecule has 0 spiro atoms. The first-order valence-electron chi connectivity index (χ1n) is 6.69. The normalized spacial score (nSPS) is 10.3. The molecule has 1 heterocycles. The van der Waals surface area contributed by atoms with Crippen molar-refractivity contribution < 1.29 is 14.7 Å². The predicted molar refractivity (Wildman–Crippen MR) is 83.6 cm³/mol. The van der Waals surface area contributed by atoms with Crippen molar-refractivity contribution in [1.82, 2.24) is 4.90 Å². The van der Waals surface area contributed by atoms with Gasteiger partial charge in [0.25, 0.3) is 5.91 Å². The molecule has 1 aromatic carbocycles. The average Bonchev–Trinajstić information content (AvgIpc) is 2.96. The van der Waals surface area contributed by atoms with Crippen LogP contribution in [0.15, 0.2) is 41.8 Å². The summed E-state index contributed by atoms with van der Waals surface area (Å²) < 4.78 is 0. The van der Waals surface area contributed by atoms with Gasteiger partial charge in [-0.3, -0.25) is 9.59 Å². The number of rotatable bonds is 6. The molecule has 0 radical (unpaired) electrons. The van der Waals surface area contributed by atoms with Crippen LogP contribution in [0.2, 0.25) is 0 Å². The summed E-state index contributed by atoms with van der Waals surface area (Å²) in [6, 6.07) is 11.7. The van der Waals surface area contributed by atoms with Crippen LogP contribution in [-0.4, -0.2) is 35.5 Å². The number of carboxylic acids is 1. The fraction of sp³-hybridized carbons (Fsp3) is 0.250. The molecule has 21 heavy (non-hydrogen) atoms. The zero-order valence-corrected chi connectivity index (χ0v) is 12.6. The number of benzene rings is 1. The largest absolute Gasteiger partial charge is 0.481 e. The fourth-order valence-corrected chi connectivity index (χ4v) is 2.97. The molecule has 0 aliphatic rings. The van der Waals surface area contributed by atoms with E-state index in [4.69, 9.17) is 5.11 Å². The molecule has 0 bridgehead atoms. The second-order valence-corrected chi connectivity index (χ2v) is 5.67. The van der Waals surface area contributed by atoms with Crippen LogP contribution in [0.25, 0.3) is 11.1 Å². The summed E-state index contributed by atoms with van der Waals surface area (Å²) in [7, 11) is 1.71. The second-order valence-electron chi connectivity index (χ2n) is 4.75. The minimum atomic E-state index is -0.836. The number of carboxylic acid groups (broad SMARTS) is 1. The number of carbonyl (C=O) groups is 2. The highest BCUT2D eigenvalue weighted by atomic mass is 32.1. The molecule has 0 saturated carbocycles. The van der Waals surface area contributed by atoms with Crippen LogP contribution in [0, 0.1) is 0 Å². The van der Waals surface area contributed by atoms with E-state index in [2.05, 4.69) is 0 Å². The predicted octanol–water partition coefficient (Wildman–Crippen LogP) is 3.35. The fourth-order valence-electron chi connectivity index (χ4n) is 2.06. The topological polar surface area (TPSA) is 57.6 Å². The van der Waals surface area contributed by atoms with Gasteiger partial charge in [0.1, 0.15) is 0 Å². The Balaban J connectivity index is 2.10. The summed E-state index contributed by atoms with van der Waals surface area (Å²) in [6.07, 6.45) is 0.539. The maximum Gasteiger partial charge on any atom is 0.303 e. The van der Waals surface area contributed by atoms with Crippen LogP contribution in [0.4, 0.5) is 0 Å². The second kappa shape index (κ2) is 7.04. The molecule has 0 saturated heterocycles. The van der Waals surface area contributed by atoms with Gasteiger partial charge in [0.05, 0.1) is 4.88 Å². The first-order valence-corrected chi connectivity index (χ1v) is 7.57. The third-order valence-electron chi connectivity index (χ3n) is 3.18. The Bertz CT molecular complexity index is 621. The van der Waals surface area contributed by atoms with E-state index in [0.29, 0.717) is 17.8 Å². The first kappa shape index (κ1) is 15.3. The van der Waals surface area contributed by atoms with Crippen molar-refractivity contribution in [2.24, 2.45) is 0 Å². The van der Waals surface area contributed by atoms with E-state index >= 15 is 0 Å². The van der Waals surface area contributed by atoms with Gasteiger partial charge in [-0.1, -0.05) is 30.3 Å². The molecule has 0 aliphatic carbocycles. The van der Waals surface area contributed by atoms with Gasteiger partial charge >= 0.3 is 5.97 Å². The lowest BCUT2D eigenvalue weighted by Crippen LogP contribution is -2.27. The molecule has 2 rings (SSSR count). The molecule has 0 atom stereocenters. The average molecular weight is 303 g/mol. The van der Waals surface area contributed by atoms with Crippen LogP contribution in [0.1, 0.15) is 22.5 Å². The minimum absolute atomic E-state index is 0.0609. The van der Waals surface area contributed by atoms with Gasteiger partial charge < -0.3 is 10.0 Å². The van der Waals surface area contributed by atoms with E-state index in [9.17, 15) is 9.59 Å². The number of thiophene rings is 1. The molecule has 1 aromatic heterocycles. The molecule has 1 amide bonds. The van der Waals surface area contributed by atoms with Crippen LogP contribution < -0.4 is 0 Å². The number of carbonyl (C=O) groups excluding carboxylic acids is 1. The molecular formula is C16H17NO3S. The standard InChI is InChI=1S/C16H17NO3S/c1-17(10-5-8-14(18)19)16(20)15-13(9-11-21-15)12-6-3-2-4-7-12/h2-4,6-7,9,11H,5,8,10H2,1H3,(H,18,19). The van der Waals surface area contributed by atoms with E-state index < -0.39 is 5.97 Å². The van der Waals surface area contributed by atoms with Gasteiger partial charge in [-0.2, -0.15) is 0 Å². The van der Waals surface area contributed by atoms with Crippen molar-refractivity contribution in [3.05, 3.63) is 46.7 Å². The maximum absolute atomic E-state index is 12.5. The highest BCUT2D eigenvalue weighted by molar-refractivity contribution is 7.12. The van der Waals surface area contributed by atoms with Gasteiger partial charge in [0.2, 0.25) is 0 Å². The van der Waals surface area contributed by atoms with Crippen molar-refractivity contribution in [1.29, 1.82) is 0 Å². The Kier molecular flexibility index (Phi) is 5.11. The third kappa shape index (κ3) is 3.92. The molecule has 110 valence electrons.